The van der Waals surface area contributed by atoms with Gasteiger partial charge in [0.05, 0.1) is 22.1 Å². The predicted molar refractivity (Wildman–Crippen MR) is 242 cm³/mol. The molecule has 0 unspecified atom stereocenters. The number of hydrogen-bond donors (Lipinski definition) is 0. The molecular weight excluding hydrogens is 741 g/mol. The van der Waals surface area contributed by atoms with Crippen molar-refractivity contribution >= 4 is 43.6 Å². The van der Waals surface area contributed by atoms with Crippen LogP contribution in [0.3, 0.4) is 0 Å². The zero-order chi connectivity index (χ0) is 41.2. The van der Waals surface area contributed by atoms with Crippen LogP contribution in [0.4, 0.5) is 0 Å². The third-order valence-corrected chi connectivity index (χ3v) is 11.1. The largest absolute Gasteiger partial charge is 0.457 e. The summed E-state index contributed by atoms with van der Waals surface area (Å²) in [6.45, 7) is 13.3. The molecular formula is C52H44N6O2. The SMILES string of the molecule is CC(C)(C)c1ccnc(-n2c3ccccc3c3ccc(Oc4cc(Oc5ccc6c7ccccc7n(-c7cc(C(C)(C)C)ccn7)c6c5)cc(-c5ncccn5)c4)cc32)c1. The molecule has 60 heavy (non-hydrogen) atoms. The molecule has 5 aromatic heterocycles. The van der Waals surface area contributed by atoms with E-state index in [2.05, 4.69) is 158 Å². The summed E-state index contributed by atoms with van der Waals surface area (Å²) in [5.41, 5.74) is 7.28. The molecule has 0 atom stereocenters. The number of para-hydroxylation sites is 2. The van der Waals surface area contributed by atoms with Crippen LogP contribution in [0.1, 0.15) is 52.7 Å². The highest BCUT2D eigenvalue weighted by atomic mass is 16.5. The molecule has 0 amide bonds. The van der Waals surface area contributed by atoms with Crippen molar-refractivity contribution in [3.05, 3.63) is 169 Å². The third kappa shape index (κ3) is 6.70. The van der Waals surface area contributed by atoms with Gasteiger partial charge in [-0.3, -0.25) is 9.13 Å². The van der Waals surface area contributed by atoms with Gasteiger partial charge in [-0.25, -0.2) is 19.9 Å². The Labute approximate surface area is 348 Å². The number of rotatable bonds is 7. The van der Waals surface area contributed by atoms with Crippen molar-refractivity contribution < 1.29 is 9.47 Å². The highest BCUT2D eigenvalue weighted by Crippen LogP contribution is 2.40. The van der Waals surface area contributed by atoms with Gasteiger partial charge in [0.1, 0.15) is 34.6 Å². The number of ether oxygens (including phenoxy) is 2. The molecule has 0 radical (unpaired) electrons. The lowest BCUT2D eigenvalue weighted by Gasteiger charge is -2.20. The summed E-state index contributed by atoms with van der Waals surface area (Å²) in [6, 6.07) is 45.5. The first kappa shape index (κ1) is 37.0. The molecule has 0 aliphatic rings. The van der Waals surface area contributed by atoms with Gasteiger partial charge in [-0.05, 0) is 101 Å². The van der Waals surface area contributed by atoms with Gasteiger partial charge in [0, 0.05) is 70.1 Å². The van der Waals surface area contributed by atoms with Gasteiger partial charge < -0.3 is 9.47 Å². The van der Waals surface area contributed by atoms with Gasteiger partial charge in [0.25, 0.3) is 0 Å². The quantitative estimate of drug-likeness (QED) is 0.160. The van der Waals surface area contributed by atoms with Crippen LogP contribution in [0.15, 0.2) is 158 Å². The van der Waals surface area contributed by atoms with Gasteiger partial charge >= 0.3 is 0 Å². The second-order valence-electron chi connectivity index (χ2n) is 17.3. The van der Waals surface area contributed by atoms with Crippen molar-refractivity contribution in [2.24, 2.45) is 0 Å². The summed E-state index contributed by atoms with van der Waals surface area (Å²) in [7, 11) is 0. The Morgan fingerprint density at radius 2 is 0.833 bits per heavy atom. The van der Waals surface area contributed by atoms with Crippen LogP contribution in [0.5, 0.6) is 23.0 Å². The number of hydrogen-bond acceptors (Lipinski definition) is 6. The number of fused-ring (bicyclic) bond motifs is 6. The number of pyridine rings is 2. The second kappa shape index (κ2) is 14.2. The Morgan fingerprint density at radius 1 is 0.383 bits per heavy atom. The predicted octanol–water partition coefficient (Wildman–Crippen LogP) is 13.3. The minimum Gasteiger partial charge on any atom is -0.457 e. The first-order chi connectivity index (χ1) is 29.0. The number of benzene rings is 5. The first-order valence-electron chi connectivity index (χ1n) is 20.3. The van der Waals surface area contributed by atoms with Crippen molar-refractivity contribution in [2.45, 2.75) is 52.4 Å². The Morgan fingerprint density at radius 3 is 1.30 bits per heavy atom. The lowest BCUT2D eigenvalue weighted by atomic mass is 9.88. The molecule has 0 saturated heterocycles. The van der Waals surface area contributed by atoms with E-state index in [0.29, 0.717) is 28.8 Å². The van der Waals surface area contributed by atoms with E-state index in [1.54, 1.807) is 12.4 Å². The van der Waals surface area contributed by atoms with Crippen LogP contribution in [0.25, 0.3) is 66.6 Å². The third-order valence-electron chi connectivity index (χ3n) is 11.1. The Kier molecular flexibility index (Phi) is 8.75. The van der Waals surface area contributed by atoms with E-state index < -0.39 is 0 Å². The lowest BCUT2D eigenvalue weighted by molar-refractivity contribution is 0.461. The van der Waals surface area contributed by atoms with E-state index in [9.17, 15) is 0 Å². The molecule has 0 aliphatic heterocycles. The summed E-state index contributed by atoms with van der Waals surface area (Å²) >= 11 is 0. The minimum absolute atomic E-state index is 0.0303. The van der Waals surface area contributed by atoms with Crippen molar-refractivity contribution in [2.75, 3.05) is 0 Å². The zero-order valence-corrected chi connectivity index (χ0v) is 34.5. The van der Waals surface area contributed by atoms with Gasteiger partial charge in [0.2, 0.25) is 0 Å². The molecule has 294 valence electrons. The fourth-order valence-corrected chi connectivity index (χ4v) is 8.07. The molecule has 5 heterocycles. The monoisotopic (exact) mass is 784 g/mol. The van der Waals surface area contributed by atoms with E-state index in [0.717, 1.165) is 60.8 Å². The smallest absolute Gasteiger partial charge is 0.159 e. The zero-order valence-electron chi connectivity index (χ0n) is 34.5. The van der Waals surface area contributed by atoms with Crippen molar-refractivity contribution in [3.8, 4) is 46.0 Å². The fourth-order valence-electron chi connectivity index (χ4n) is 8.07. The molecule has 0 spiro atoms. The molecule has 5 aromatic carbocycles. The topological polar surface area (TPSA) is 79.9 Å². The molecule has 8 heteroatoms. The molecule has 10 aromatic rings. The summed E-state index contributed by atoms with van der Waals surface area (Å²) < 4.78 is 17.9. The molecule has 10 rings (SSSR count). The Hall–Kier alpha value is -7.32. The second-order valence-corrected chi connectivity index (χ2v) is 17.3. The van der Waals surface area contributed by atoms with Crippen LogP contribution in [-0.2, 0) is 10.8 Å². The van der Waals surface area contributed by atoms with Crippen LogP contribution in [-0.4, -0.2) is 29.1 Å². The maximum atomic E-state index is 6.74. The summed E-state index contributed by atoms with van der Waals surface area (Å²) in [5, 5.41) is 4.53. The van der Waals surface area contributed by atoms with Crippen LogP contribution >= 0.6 is 0 Å². The maximum absolute atomic E-state index is 6.74. The number of nitrogens with zero attached hydrogens (tertiary/aromatic N) is 6. The average Bonchev–Trinajstić information content (AvgIpc) is 3.75. The summed E-state index contributed by atoms with van der Waals surface area (Å²) in [4.78, 5) is 18.9. The van der Waals surface area contributed by atoms with Crippen LogP contribution in [0, 0.1) is 0 Å². The highest BCUT2D eigenvalue weighted by molar-refractivity contribution is 6.10. The van der Waals surface area contributed by atoms with E-state index in [1.807, 2.05) is 48.8 Å². The molecule has 0 N–H and O–H groups in total. The van der Waals surface area contributed by atoms with Gasteiger partial charge in [-0.1, -0.05) is 77.9 Å². The van der Waals surface area contributed by atoms with Gasteiger partial charge in [-0.15, -0.1) is 0 Å². The normalized spacial score (nSPS) is 12.2. The Balaban J connectivity index is 1.07. The highest BCUT2D eigenvalue weighted by Gasteiger charge is 2.21. The van der Waals surface area contributed by atoms with Gasteiger partial charge in [-0.2, -0.15) is 0 Å². The summed E-state index contributed by atoms with van der Waals surface area (Å²) in [6.07, 6.45) is 7.27. The van der Waals surface area contributed by atoms with E-state index in [4.69, 9.17) is 19.4 Å². The first-order valence-corrected chi connectivity index (χ1v) is 20.3. The van der Waals surface area contributed by atoms with Crippen molar-refractivity contribution in [1.29, 1.82) is 0 Å². The molecule has 0 aliphatic carbocycles. The van der Waals surface area contributed by atoms with Crippen LogP contribution < -0.4 is 9.47 Å². The average molecular weight is 785 g/mol. The number of aromatic nitrogens is 6. The standard InChI is InChI=1S/C52H44N6O2/c1-51(2,3)34-20-24-53-48(28-34)57-44-14-9-7-12-40(44)42-18-16-36(31-46(42)57)59-38-26-33(50-55-22-11-23-56-50)27-39(30-38)60-37-17-19-43-41-13-8-10-15-45(41)58(47(43)32-37)49-29-35(21-25-54-49)52(4,5)6/h7-32H,1-6H3. The van der Waals surface area contributed by atoms with Crippen molar-refractivity contribution in [1.82, 2.24) is 29.1 Å². The molecule has 0 bridgehead atoms. The van der Waals surface area contributed by atoms with E-state index >= 15 is 0 Å². The van der Waals surface area contributed by atoms with E-state index in [1.165, 1.54) is 11.1 Å². The fraction of sp³-hybridized carbons (Fsp3) is 0.154. The molecule has 0 fully saturated rings. The minimum atomic E-state index is -0.0303. The maximum Gasteiger partial charge on any atom is 0.159 e. The van der Waals surface area contributed by atoms with Crippen LogP contribution in [0.2, 0.25) is 0 Å². The van der Waals surface area contributed by atoms with E-state index in [-0.39, 0.29) is 10.8 Å². The molecule has 0 saturated carbocycles. The summed E-state index contributed by atoms with van der Waals surface area (Å²) in [5.74, 6) is 4.80. The van der Waals surface area contributed by atoms with Crippen molar-refractivity contribution in [3.63, 3.8) is 0 Å². The molecule has 8 nitrogen and oxygen atoms in total. The Bertz CT molecular complexity index is 3050. The lowest BCUT2D eigenvalue weighted by Crippen LogP contribution is -2.12. The van der Waals surface area contributed by atoms with Gasteiger partial charge in [0.15, 0.2) is 5.82 Å².